The van der Waals surface area contributed by atoms with Crippen LogP contribution in [-0.2, 0) is 12.8 Å². The molecule has 0 aromatic carbocycles. The molecule has 3 heterocycles. The van der Waals surface area contributed by atoms with Crippen molar-refractivity contribution in [3.05, 3.63) is 34.2 Å². The van der Waals surface area contributed by atoms with E-state index in [2.05, 4.69) is 9.97 Å². The molecule has 0 atom stereocenters. The largest absolute Gasteiger partial charge is 0.472 e. The molecule has 3 aromatic rings. The predicted octanol–water partition coefficient (Wildman–Crippen LogP) is 4.09. The molecule has 0 spiro atoms. The smallest absolute Gasteiger partial charge is 0.165 e. The summed E-state index contributed by atoms with van der Waals surface area (Å²) in [7, 11) is 0. The second-order valence-corrected chi connectivity index (χ2v) is 5.83. The Kier molecular flexibility index (Phi) is 2.22. The Balaban J connectivity index is 2.00. The molecule has 1 aliphatic carbocycles. The van der Waals surface area contributed by atoms with Crippen molar-refractivity contribution in [2.75, 3.05) is 0 Å². The summed E-state index contributed by atoms with van der Waals surface area (Å²) < 4.78 is 5.06. The SMILES string of the molecule is Clc1nc(-c2ccoc2)nc2sc3c(c12)CCC3. The maximum Gasteiger partial charge on any atom is 0.165 e. The average molecular weight is 277 g/mol. The zero-order valence-corrected chi connectivity index (χ0v) is 11.0. The Morgan fingerprint density at radius 2 is 2.22 bits per heavy atom. The summed E-state index contributed by atoms with van der Waals surface area (Å²) in [5.41, 5.74) is 2.23. The molecule has 0 amide bonds. The van der Waals surface area contributed by atoms with Crippen LogP contribution in [0, 0.1) is 0 Å². The van der Waals surface area contributed by atoms with Gasteiger partial charge in [-0.15, -0.1) is 11.3 Å². The van der Waals surface area contributed by atoms with E-state index in [0.29, 0.717) is 11.0 Å². The first-order valence-electron chi connectivity index (χ1n) is 5.83. The highest BCUT2D eigenvalue weighted by Gasteiger charge is 2.21. The molecule has 0 unspecified atom stereocenters. The summed E-state index contributed by atoms with van der Waals surface area (Å²) in [5.74, 6) is 0.640. The Bertz CT molecular complexity index is 733. The molecule has 5 heteroatoms. The molecule has 0 saturated carbocycles. The molecule has 90 valence electrons. The van der Waals surface area contributed by atoms with Crippen molar-refractivity contribution in [1.82, 2.24) is 9.97 Å². The van der Waals surface area contributed by atoms with Gasteiger partial charge in [0.05, 0.1) is 17.2 Å². The molecule has 0 N–H and O–H groups in total. The Labute approximate surface area is 112 Å². The Morgan fingerprint density at radius 3 is 3.06 bits per heavy atom. The number of furan rings is 1. The van der Waals surface area contributed by atoms with E-state index in [1.54, 1.807) is 23.9 Å². The number of aryl methyl sites for hydroxylation is 2. The number of thiophene rings is 1. The normalized spacial score (nSPS) is 14.3. The monoisotopic (exact) mass is 276 g/mol. The summed E-state index contributed by atoms with van der Waals surface area (Å²) in [6.45, 7) is 0. The van der Waals surface area contributed by atoms with E-state index in [-0.39, 0.29) is 0 Å². The van der Waals surface area contributed by atoms with Crippen LogP contribution in [0.1, 0.15) is 16.9 Å². The van der Waals surface area contributed by atoms with Crippen molar-refractivity contribution in [2.24, 2.45) is 0 Å². The molecule has 3 nitrogen and oxygen atoms in total. The number of rotatable bonds is 1. The van der Waals surface area contributed by atoms with Crippen molar-refractivity contribution >= 4 is 33.2 Å². The van der Waals surface area contributed by atoms with Gasteiger partial charge >= 0.3 is 0 Å². The van der Waals surface area contributed by atoms with Crippen molar-refractivity contribution in [1.29, 1.82) is 0 Å². The minimum absolute atomic E-state index is 0.565. The van der Waals surface area contributed by atoms with E-state index in [0.717, 1.165) is 28.6 Å². The zero-order valence-electron chi connectivity index (χ0n) is 9.44. The lowest BCUT2D eigenvalue weighted by Crippen LogP contribution is -1.89. The lowest BCUT2D eigenvalue weighted by Gasteiger charge is -2.00. The van der Waals surface area contributed by atoms with Gasteiger partial charge in [-0.05, 0) is 30.9 Å². The molecular formula is C13H9ClN2OS. The number of hydrogen-bond acceptors (Lipinski definition) is 4. The third-order valence-corrected chi connectivity index (χ3v) is 4.76. The molecule has 0 fully saturated rings. The van der Waals surface area contributed by atoms with Gasteiger partial charge in [0, 0.05) is 4.88 Å². The van der Waals surface area contributed by atoms with Crippen LogP contribution in [0.5, 0.6) is 0 Å². The van der Waals surface area contributed by atoms with E-state index in [1.807, 2.05) is 6.07 Å². The maximum atomic E-state index is 6.33. The zero-order chi connectivity index (χ0) is 12.1. The van der Waals surface area contributed by atoms with Crippen molar-refractivity contribution < 1.29 is 4.42 Å². The third-order valence-electron chi connectivity index (χ3n) is 3.30. The van der Waals surface area contributed by atoms with Crippen LogP contribution >= 0.6 is 22.9 Å². The minimum Gasteiger partial charge on any atom is -0.472 e. The Hall–Kier alpha value is -1.39. The fourth-order valence-corrected chi connectivity index (χ4v) is 4.07. The lowest BCUT2D eigenvalue weighted by atomic mass is 10.2. The van der Waals surface area contributed by atoms with Crippen molar-refractivity contribution in [3.63, 3.8) is 0 Å². The fourth-order valence-electron chi connectivity index (χ4n) is 2.47. The van der Waals surface area contributed by atoms with Crippen molar-refractivity contribution in [2.45, 2.75) is 19.3 Å². The van der Waals surface area contributed by atoms with Crippen LogP contribution in [-0.4, -0.2) is 9.97 Å². The number of halogens is 1. The van der Waals surface area contributed by atoms with E-state index in [9.17, 15) is 0 Å². The van der Waals surface area contributed by atoms with Gasteiger partial charge in [-0.1, -0.05) is 11.6 Å². The molecular weight excluding hydrogens is 268 g/mol. The molecule has 0 bridgehead atoms. The van der Waals surface area contributed by atoms with Crippen LogP contribution in [0.25, 0.3) is 21.6 Å². The van der Waals surface area contributed by atoms with Gasteiger partial charge in [0.15, 0.2) is 5.82 Å². The first kappa shape index (κ1) is 10.5. The van der Waals surface area contributed by atoms with Gasteiger partial charge in [-0.2, -0.15) is 0 Å². The minimum atomic E-state index is 0.565. The van der Waals surface area contributed by atoms with E-state index in [1.165, 1.54) is 16.9 Å². The van der Waals surface area contributed by atoms with Crippen LogP contribution in [0.2, 0.25) is 5.15 Å². The second kappa shape index (κ2) is 3.80. The summed E-state index contributed by atoms with van der Waals surface area (Å²) in [4.78, 5) is 11.4. The third kappa shape index (κ3) is 1.42. The molecule has 0 saturated heterocycles. The van der Waals surface area contributed by atoms with Crippen molar-refractivity contribution in [3.8, 4) is 11.4 Å². The van der Waals surface area contributed by atoms with Gasteiger partial charge in [0.1, 0.15) is 16.2 Å². The van der Waals surface area contributed by atoms with Gasteiger partial charge in [-0.3, -0.25) is 0 Å². The van der Waals surface area contributed by atoms with E-state index in [4.69, 9.17) is 16.0 Å². The highest BCUT2D eigenvalue weighted by Crippen LogP contribution is 2.40. The molecule has 1 aliphatic rings. The summed E-state index contributed by atoms with van der Waals surface area (Å²) in [6.07, 6.45) is 6.72. The molecule has 18 heavy (non-hydrogen) atoms. The molecule has 0 aliphatic heterocycles. The summed E-state index contributed by atoms with van der Waals surface area (Å²) >= 11 is 8.07. The van der Waals surface area contributed by atoms with Crippen LogP contribution in [0.3, 0.4) is 0 Å². The summed E-state index contributed by atoms with van der Waals surface area (Å²) in [6, 6.07) is 1.85. The van der Waals surface area contributed by atoms with Crippen LogP contribution < -0.4 is 0 Å². The molecule has 0 radical (unpaired) electrons. The number of fused-ring (bicyclic) bond motifs is 3. The molecule has 4 rings (SSSR count). The standard InChI is InChI=1S/C13H9ClN2OS/c14-11-10-8-2-1-3-9(8)18-13(10)16-12(15-11)7-4-5-17-6-7/h4-6H,1-3H2. The van der Waals surface area contributed by atoms with Crippen LogP contribution in [0.15, 0.2) is 23.0 Å². The number of nitrogens with zero attached hydrogens (tertiary/aromatic N) is 2. The Morgan fingerprint density at radius 1 is 1.28 bits per heavy atom. The van der Waals surface area contributed by atoms with E-state index >= 15 is 0 Å². The molecule has 3 aromatic heterocycles. The number of hydrogen-bond donors (Lipinski definition) is 0. The average Bonchev–Trinajstić information content (AvgIpc) is 3.04. The van der Waals surface area contributed by atoms with Crippen LogP contribution in [0.4, 0.5) is 0 Å². The summed E-state index contributed by atoms with van der Waals surface area (Å²) in [5, 5.41) is 1.62. The lowest BCUT2D eigenvalue weighted by molar-refractivity contribution is 0.568. The maximum absolute atomic E-state index is 6.33. The topological polar surface area (TPSA) is 38.9 Å². The predicted molar refractivity (Wildman–Crippen MR) is 72.2 cm³/mol. The first-order chi connectivity index (χ1) is 8.83. The van der Waals surface area contributed by atoms with Gasteiger partial charge in [0.2, 0.25) is 0 Å². The fraction of sp³-hybridized carbons (Fsp3) is 0.231. The highest BCUT2D eigenvalue weighted by atomic mass is 35.5. The quantitative estimate of drug-likeness (QED) is 0.628. The van der Waals surface area contributed by atoms with E-state index < -0.39 is 0 Å². The number of aromatic nitrogens is 2. The highest BCUT2D eigenvalue weighted by molar-refractivity contribution is 7.19. The van der Waals surface area contributed by atoms with Gasteiger partial charge in [0.25, 0.3) is 0 Å². The second-order valence-electron chi connectivity index (χ2n) is 4.39. The van der Waals surface area contributed by atoms with Gasteiger partial charge in [-0.25, -0.2) is 9.97 Å². The first-order valence-corrected chi connectivity index (χ1v) is 7.03. The van der Waals surface area contributed by atoms with Gasteiger partial charge < -0.3 is 4.42 Å².